The van der Waals surface area contributed by atoms with Gasteiger partial charge in [0.25, 0.3) is 5.56 Å². The van der Waals surface area contributed by atoms with Gasteiger partial charge in [-0.05, 0) is 36.4 Å². The zero-order valence-corrected chi connectivity index (χ0v) is 15.3. The quantitative estimate of drug-likeness (QED) is 0.741. The number of fused-ring (bicyclic) bond motifs is 1. The third kappa shape index (κ3) is 3.34. The van der Waals surface area contributed by atoms with Crippen molar-refractivity contribution < 1.29 is 4.79 Å². The Labute approximate surface area is 158 Å². The molecule has 1 aliphatic heterocycles. The molecule has 134 valence electrons. The van der Waals surface area contributed by atoms with Crippen LogP contribution in [-0.2, 0) is 11.3 Å². The van der Waals surface area contributed by atoms with E-state index >= 15 is 0 Å². The van der Waals surface area contributed by atoms with E-state index in [1.54, 1.807) is 30.5 Å². The summed E-state index contributed by atoms with van der Waals surface area (Å²) in [6, 6.07) is 7.05. The van der Waals surface area contributed by atoms with Crippen molar-refractivity contribution in [1.29, 1.82) is 0 Å². The van der Waals surface area contributed by atoms with Crippen LogP contribution >= 0.6 is 23.4 Å². The second kappa shape index (κ2) is 7.13. The van der Waals surface area contributed by atoms with Crippen LogP contribution in [0.15, 0.2) is 41.6 Å². The van der Waals surface area contributed by atoms with Gasteiger partial charge in [0.1, 0.15) is 18.3 Å². The molecule has 1 aromatic carbocycles. The average molecular weight is 390 g/mol. The molecule has 1 N–H and O–H groups in total. The van der Waals surface area contributed by atoms with Gasteiger partial charge in [0, 0.05) is 16.5 Å². The lowest BCUT2D eigenvalue weighted by Gasteiger charge is -2.10. The summed E-state index contributed by atoms with van der Waals surface area (Å²) in [5, 5.41) is 8.11. The van der Waals surface area contributed by atoms with Crippen molar-refractivity contribution in [3.63, 3.8) is 0 Å². The number of amides is 1. The Morgan fingerprint density at radius 1 is 1.35 bits per heavy atom. The maximum Gasteiger partial charge on any atom is 0.264 e. The van der Waals surface area contributed by atoms with Crippen LogP contribution in [0.5, 0.6) is 0 Å². The highest BCUT2D eigenvalue weighted by Crippen LogP contribution is 2.28. The maximum atomic E-state index is 12.7. The number of carbonyl (C=O) groups excluding carboxylic acids is 1. The first-order valence-electron chi connectivity index (χ1n) is 8.17. The van der Waals surface area contributed by atoms with Crippen LogP contribution in [0.25, 0.3) is 11.0 Å². The van der Waals surface area contributed by atoms with E-state index in [1.165, 1.54) is 10.9 Å². The summed E-state index contributed by atoms with van der Waals surface area (Å²) >= 11 is 7.70. The van der Waals surface area contributed by atoms with Gasteiger partial charge in [-0.3, -0.25) is 14.2 Å². The predicted octanol–water partition coefficient (Wildman–Crippen LogP) is 2.56. The highest BCUT2D eigenvalue weighted by atomic mass is 35.5. The summed E-state index contributed by atoms with van der Waals surface area (Å²) in [5.74, 6) is 1.76. The second-order valence-electron chi connectivity index (χ2n) is 6.08. The van der Waals surface area contributed by atoms with Crippen molar-refractivity contribution in [1.82, 2.24) is 19.3 Å². The predicted molar refractivity (Wildman–Crippen MR) is 103 cm³/mol. The standard InChI is InChI=1S/C17H16ClN5O2S/c18-11-1-3-12(4-2-11)21-15(24)8-22-10-19-16-14(17(22)25)7-20-23(16)13-5-6-26-9-13/h1-4,7,10,13H,5-6,8-9H2,(H,21,24). The summed E-state index contributed by atoms with van der Waals surface area (Å²) < 4.78 is 3.12. The third-order valence-electron chi connectivity index (χ3n) is 4.27. The zero-order valence-electron chi connectivity index (χ0n) is 13.8. The van der Waals surface area contributed by atoms with Crippen LogP contribution in [0.3, 0.4) is 0 Å². The number of thioether (sulfide) groups is 1. The largest absolute Gasteiger partial charge is 0.325 e. The van der Waals surface area contributed by atoms with Crippen molar-refractivity contribution in [2.45, 2.75) is 19.0 Å². The van der Waals surface area contributed by atoms with E-state index in [2.05, 4.69) is 15.4 Å². The number of hydrogen-bond donors (Lipinski definition) is 1. The van der Waals surface area contributed by atoms with Crippen LogP contribution in [0.1, 0.15) is 12.5 Å². The van der Waals surface area contributed by atoms with Gasteiger partial charge in [0.15, 0.2) is 5.65 Å². The van der Waals surface area contributed by atoms with Gasteiger partial charge in [0.2, 0.25) is 5.91 Å². The van der Waals surface area contributed by atoms with Gasteiger partial charge >= 0.3 is 0 Å². The molecule has 3 aromatic rings. The lowest BCUT2D eigenvalue weighted by molar-refractivity contribution is -0.116. The van der Waals surface area contributed by atoms with Gasteiger partial charge in [-0.15, -0.1) is 0 Å². The summed E-state index contributed by atoms with van der Waals surface area (Å²) in [4.78, 5) is 29.2. The molecule has 1 amide bonds. The molecule has 4 rings (SSSR count). The zero-order chi connectivity index (χ0) is 18.1. The topological polar surface area (TPSA) is 81.8 Å². The van der Waals surface area contributed by atoms with E-state index in [4.69, 9.17) is 11.6 Å². The third-order valence-corrected chi connectivity index (χ3v) is 5.67. The van der Waals surface area contributed by atoms with E-state index < -0.39 is 0 Å². The molecule has 9 heteroatoms. The molecule has 0 aliphatic carbocycles. The Kier molecular flexibility index (Phi) is 4.69. The van der Waals surface area contributed by atoms with Crippen LogP contribution in [0.2, 0.25) is 5.02 Å². The number of benzene rings is 1. The number of aromatic nitrogens is 4. The van der Waals surface area contributed by atoms with Crippen molar-refractivity contribution in [2.75, 3.05) is 16.8 Å². The van der Waals surface area contributed by atoms with Crippen LogP contribution in [0, 0.1) is 0 Å². The lowest BCUT2D eigenvalue weighted by atomic mass is 10.3. The van der Waals surface area contributed by atoms with E-state index in [1.807, 2.05) is 16.4 Å². The SMILES string of the molecule is O=C(Cn1cnc2c(cnn2C2CCSC2)c1=O)Nc1ccc(Cl)cc1. The molecule has 0 bridgehead atoms. The molecule has 0 radical (unpaired) electrons. The van der Waals surface area contributed by atoms with Crippen LogP contribution < -0.4 is 10.9 Å². The lowest BCUT2D eigenvalue weighted by Crippen LogP contribution is -2.28. The summed E-state index contributed by atoms with van der Waals surface area (Å²) in [5.41, 5.74) is 0.933. The molecule has 0 spiro atoms. The van der Waals surface area contributed by atoms with Gasteiger partial charge < -0.3 is 5.32 Å². The molecule has 3 heterocycles. The van der Waals surface area contributed by atoms with Crippen molar-refractivity contribution in [2.24, 2.45) is 0 Å². The molecule has 1 fully saturated rings. The van der Waals surface area contributed by atoms with Crippen molar-refractivity contribution >= 4 is 46.0 Å². The average Bonchev–Trinajstić information content (AvgIpc) is 3.28. The molecule has 0 saturated carbocycles. The Bertz CT molecular complexity index is 1010. The van der Waals surface area contributed by atoms with Gasteiger partial charge in [-0.25, -0.2) is 9.67 Å². The summed E-state index contributed by atoms with van der Waals surface area (Å²) in [7, 11) is 0. The normalized spacial score (nSPS) is 16.9. The molecular formula is C17H16ClN5O2S. The first-order valence-corrected chi connectivity index (χ1v) is 9.71. The molecular weight excluding hydrogens is 374 g/mol. The number of halogens is 1. The number of anilines is 1. The summed E-state index contributed by atoms with van der Waals surface area (Å²) in [6.07, 6.45) is 3.98. The number of hydrogen-bond acceptors (Lipinski definition) is 5. The minimum atomic E-state index is -0.310. The molecule has 7 nitrogen and oxygen atoms in total. The van der Waals surface area contributed by atoms with E-state index in [0.717, 1.165) is 17.9 Å². The minimum absolute atomic E-state index is 0.116. The second-order valence-corrected chi connectivity index (χ2v) is 7.66. The van der Waals surface area contributed by atoms with Crippen molar-refractivity contribution in [3.8, 4) is 0 Å². The Morgan fingerprint density at radius 3 is 2.88 bits per heavy atom. The maximum absolute atomic E-state index is 12.7. The highest BCUT2D eigenvalue weighted by Gasteiger charge is 2.22. The monoisotopic (exact) mass is 389 g/mol. The Morgan fingerprint density at radius 2 is 2.15 bits per heavy atom. The molecule has 1 atom stereocenters. The van der Waals surface area contributed by atoms with Crippen LogP contribution in [0.4, 0.5) is 5.69 Å². The van der Waals surface area contributed by atoms with Gasteiger partial charge in [0.05, 0.1) is 12.2 Å². The van der Waals surface area contributed by atoms with E-state index in [9.17, 15) is 9.59 Å². The number of rotatable bonds is 4. The fourth-order valence-electron chi connectivity index (χ4n) is 2.95. The molecule has 1 saturated heterocycles. The Balaban J connectivity index is 1.55. The Hall–Kier alpha value is -2.32. The molecule has 2 aromatic heterocycles. The van der Waals surface area contributed by atoms with Gasteiger partial charge in [-0.2, -0.15) is 16.9 Å². The number of nitrogens with zero attached hydrogens (tertiary/aromatic N) is 4. The molecule has 1 aliphatic rings. The van der Waals surface area contributed by atoms with Crippen LogP contribution in [-0.4, -0.2) is 36.7 Å². The highest BCUT2D eigenvalue weighted by molar-refractivity contribution is 7.99. The number of carbonyl (C=O) groups is 1. The minimum Gasteiger partial charge on any atom is -0.325 e. The first-order chi connectivity index (χ1) is 12.6. The molecule has 1 unspecified atom stereocenters. The summed E-state index contributed by atoms with van der Waals surface area (Å²) in [6.45, 7) is -0.116. The fraction of sp³-hybridized carbons (Fsp3) is 0.294. The molecule has 26 heavy (non-hydrogen) atoms. The first kappa shape index (κ1) is 17.1. The van der Waals surface area contributed by atoms with Gasteiger partial charge in [-0.1, -0.05) is 11.6 Å². The van der Waals surface area contributed by atoms with Crippen molar-refractivity contribution in [3.05, 3.63) is 52.2 Å². The fourth-order valence-corrected chi connectivity index (χ4v) is 4.26. The van der Waals surface area contributed by atoms with E-state index in [0.29, 0.717) is 21.7 Å². The number of nitrogens with one attached hydrogen (secondary N) is 1. The van der Waals surface area contributed by atoms with E-state index in [-0.39, 0.29) is 24.1 Å². The smallest absolute Gasteiger partial charge is 0.264 e.